The van der Waals surface area contributed by atoms with Crippen molar-refractivity contribution in [3.8, 4) is 0 Å². The normalized spacial score (nSPS) is 23.5. The molecule has 0 bridgehead atoms. The highest BCUT2D eigenvalue weighted by atomic mass is 32.2. The number of carbonyl (C=O) groups excluding carboxylic acids is 1. The molecule has 7 nitrogen and oxygen atoms in total. The zero-order valence-corrected chi connectivity index (χ0v) is 20.5. The summed E-state index contributed by atoms with van der Waals surface area (Å²) < 4.78 is 21.9. The van der Waals surface area contributed by atoms with E-state index in [9.17, 15) is 18.9 Å². The number of rotatable bonds is 6. The molecular formula is C24H28N2O5S2. The van der Waals surface area contributed by atoms with E-state index in [2.05, 4.69) is 4.72 Å². The van der Waals surface area contributed by atoms with E-state index in [1.165, 1.54) is 11.3 Å². The highest BCUT2D eigenvalue weighted by Crippen LogP contribution is 2.52. The summed E-state index contributed by atoms with van der Waals surface area (Å²) in [7, 11) is -1.64. The molecule has 0 radical (unpaired) electrons. The van der Waals surface area contributed by atoms with E-state index in [-0.39, 0.29) is 12.0 Å². The number of carboxylic acid groups (broad SMARTS) is 1. The molecule has 33 heavy (non-hydrogen) atoms. The van der Waals surface area contributed by atoms with E-state index in [1.807, 2.05) is 63.2 Å². The molecule has 4 rings (SSSR count). The topological polar surface area (TPSA) is 95.9 Å². The Hall–Kier alpha value is -2.49. The molecule has 2 unspecified atom stereocenters. The van der Waals surface area contributed by atoms with Gasteiger partial charge in [0.1, 0.15) is 26.3 Å². The van der Waals surface area contributed by atoms with Crippen molar-refractivity contribution in [1.82, 2.24) is 9.62 Å². The van der Waals surface area contributed by atoms with Crippen LogP contribution >= 0.6 is 11.3 Å². The van der Waals surface area contributed by atoms with Crippen LogP contribution < -0.4 is 4.72 Å². The first kappa shape index (κ1) is 23.7. The number of carboxylic acids is 1. The third kappa shape index (κ3) is 5.20. The molecule has 1 aliphatic carbocycles. The first-order valence-corrected chi connectivity index (χ1v) is 12.8. The summed E-state index contributed by atoms with van der Waals surface area (Å²) in [6, 6.07) is 13.1. The van der Waals surface area contributed by atoms with E-state index in [0.29, 0.717) is 30.1 Å². The van der Waals surface area contributed by atoms with Crippen LogP contribution in [-0.2, 0) is 20.5 Å². The summed E-state index contributed by atoms with van der Waals surface area (Å²) >= 11 is 1.39. The predicted molar refractivity (Wildman–Crippen MR) is 128 cm³/mol. The zero-order chi connectivity index (χ0) is 23.8. The van der Waals surface area contributed by atoms with Crippen molar-refractivity contribution in [1.29, 1.82) is 0 Å². The Morgan fingerprint density at radius 2 is 1.94 bits per heavy atom. The van der Waals surface area contributed by atoms with Gasteiger partial charge in [0.25, 0.3) is 0 Å². The second-order valence-electron chi connectivity index (χ2n) is 9.34. The number of aliphatic carboxylic acids is 1. The largest absolute Gasteiger partial charge is 0.480 e. The molecule has 9 heteroatoms. The highest BCUT2D eigenvalue weighted by Gasteiger charge is 2.62. The summed E-state index contributed by atoms with van der Waals surface area (Å²) in [6.45, 7) is 6.54. The van der Waals surface area contributed by atoms with Crippen LogP contribution in [0.3, 0.4) is 0 Å². The maximum atomic E-state index is 13.0. The first-order chi connectivity index (χ1) is 15.6. The minimum Gasteiger partial charge on any atom is -0.480 e. The minimum absolute atomic E-state index is 0.209. The van der Waals surface area contributed by atoms with Crippen LogP contribution in [0, 0.1) is 0 Å². The summed E-state index contributed by atoms with van der Waals surface area (Å²) in [5.41, 5.74) is 0.270. The van der Waals surface area contributed by atoms with Gasteiger partial charge in [-0.1, -0.05) is 36.4 Å². The lowest BCUT2D eigenvalue weighted by Gasteiger charge is -2.29. The van der Waals surface area contributed by atoms with E-state index >= 15 is 0 Å². The number of hydrogen-bond acceptors (Lipinski definition) is 5. The Morgan fingerprint density at radius 1 is 1.21 bits per heavy atom. The maximum absolute atomic E-state index is 13.0. The van der Waals surface area contributed by atoms with Crippen molar-refractivity contribution in [2.24, 2.45) is 0 Å². The van der Waals surface area contributed by atoms with Crippen LogP contribution in [-0.4, -0.2) is 50.5 Å². The summed E-state index contributed by atoms with van der Waals surface area (Å²) in [6.07, 6.45) is 2.74. The minimum atomic E-state index is -1.64. The smallest absolute Gasteiger partial charge is 0.410 e. The molecule has 3 atom stereocenters. The molecule has 2 N–H and O–H groups in total. The van der Waals surface area contributed by atoms with Crippen molar-refractivity contribution in [2.75, 3.05) is 13.1 Å². The number of ether oxygens (including phenoxy) is 1. The molecule has 0 saturated heterocycles. The Bertz CT molecular complexity index is 1110. The predicted octanol–water partition coefficient (Wildman–Crippen LogP) is 4.40. The molecule has 1 aliphatic heterocycles. The summed E-state index contributed by atoms with van der Waals surface area (Å²) in [4.78, 5) is 26.9. The fourth-order valence-electron chi connectivity index (χ4n) is 3.94. The van der Waals surface area contributed by atoms with Gasteiger partial charge in [-0.05, 0) is 56.9 Å². The molecule has 2 aliphatic rings. The van der Waals surface area contributed by atoms with E-state index in [4.69, 9.17) is 4.74 Å². The third-order valence-corrected chi connectivity index (χ3v) is 8.47. The average Bonchev–Trinajstić information content (AvgIpc) is 3.28. The zero-order valence-electron chi connectivity index (χ0n) is 18.9. The van der Waals surface area contributed by atoms with Crippen LogP contribution in [0.1, 0.15) is 50.0 Å². The molecular weight excluding hydrogens is 460 g/mol. The van der Waals surface area contributed by atoms with Gasteiger partial charge in [-0.3, -0.25) is 4.79 Å². The monoisotopic (exact) mass is 488 g/mol. The van der Waals surface area contributed by atoms with Crippen LogP contribution in [0.15, 0.2) is 52.7 Å². The fourth-order valence-corrected chi connectivity index (χ4v) is 6.38. The molecule has 2 heterocycles. The lowest BCUT2D eigenvalue weighted by atomic mass is 10.1. The van der Waals surface area contributed by atoms with Crippen LogP contribution in [0.4, 0.5) is 4.79 Å². The van der Waals surface area contributed by atoms with Gasteiger partial charge in [0.15, 0.2) is 0 Å². The Kier molecular flexibility index (Phi) is 6.48. The van der Waals surface area contributed by atoms with Gasteiger partial charge in [-0.15, -0.1) is 11.3 Å². The molecule has 0 spiro atoms. The van der Waals surface area contributed by atoms with Gasteiger partial charge in [-0.2, -0.15) is 0 Å². The van der Waals surface area contributed by atoms with Crippen molar-refractivity contribution in [3.05, 3.63) is 59.0 Å². The molecule has 2 aromatic rings. The highest BCUT2D eigenvalue weighted by molar-refractivity contribution is 7.85. The molecule has 1 amide bonds. The number of thiophene rings is 1. The van der Waals surface area contributed by atoms with Crippen LogP contribution in [0.25, 0.3) is 5.57 Å². The van der Waals surface area contributed by atoms with Gasteiger partial charge in [0.2, 0.25) is 0 Å². The van der Waals surface area contributed by atoms with E-state index < -0.39 is 28.1 Å². The van der Waals surface area contributed by atoms with E-state index in [1.54, 1.807) is 11.0 Å². The lowest BCUT2D eigenvalue weighted by molar-refractivity contribution is -0.140. The third-order valence-electron chi connectivity index (χ3n) is 5.76. The molecule has 1 saturated carbocycles. The quantitative estimate of drug-likeness (QED) is 0.629. The lowest BCUT2D eigenvalue weighted by Crippen LogP contribution is -2.41. The van der Waals surface area contributed by atoms with E-state index in [0.717, 1.165) is 16.0 Å². The first-order valence-electron chi connectivity index (χ1n) is 10.8. The number of benzene rings is 1. The van der Waals surface area contributed by atoms with Gasteiger partial charge < -0.3 is 14.7 Å². The molecule has 176 valence electrons. The van der Waals surface area contributed by atoms with Gasteiger partial charge in [0.05, 0.1) is 0 Å². The average molecular weight is 489 g/mol. The number of hydrogen-bond donors (Lipinski definition) is 2. The number of nitrogens with one attached hydrogen (secondary N) is 1. The van der Waals surface area contributed by atoms with Crippen molar-refractivity contribution in [2.45, 2.75) is 54.9 Å². The molecule has 1 aromatic carbocycles. The van der Waals surface area contributed by atoms with Crippen LogP contribution in [0.5, 0.6) is 0 Å². The molecule has 1 aromatic heterocycles. The molecule has 1 fully saturated rings. The standard InChI is InChI=1S/C24H28N2O5S2/c1-23(2,3)31-22(29)26-13-11-17(12-14-26)19-9-10-20(32-19)33(30)25-24(21(27)28)15-18(24)16-7-5-4-6-8-16/h4-11,18,25H,12-15H2,1-3H3,(H,27,28)/t18-,24?,33?/m1/s1. The SMILES string of the molecule is CC(C)(C)OC(=O)N1CC=C(c2ccc(S(=O)NC3(C(=O)O)C[C@@H]3c3ccccc3)s2)CC1. The second kappa shape index (κ2) is 9.04. The maximum Gasteiger partial charge on any atom is 0.410 e. The Morgan fingerprint density at radius 3 is 2.55 bits per heavy atom. The number of carbonyl (C=O) groups is 2. The Balaban J connectivity index is 1.41. The van der Waals surface area contributed by atoms with Gasteiger partial charge >= 0.3 is 12.1 Å². The second-order valence-corrected chi connectivity index (χ2v) is 11.9. The van der Waals surface area contributed by atoms with Gasteiger partial charge in [-0.25, -0.2) is 13.7 Å². The van der Waals surface area contributed by atoms with Crippen LogP contribution in [0.2, 0.25) is 0 Å². The van der Waals surface area contributed by atoms with Crippen molar-refractivity contribution >= 4 is 40.0 Å². The Labute approximate surface area is 200 Å². The fraction of sp³-hybridized carbons (Fsp3) is 0.417. The van der Waals surface area contributed by atoms with Crippen molar-refractivity contribution in [3.63, 3.8) is 0 Å². The summed E-state index contributed by atoms with van der Waals surface area (Å²) in [5, 5.41) is 9.84. The van der Waals surface area contributed by atoms with Crippen molar-refractivity contribution < 1.29 is 23.6 Å². The van der Waals surface area contributed by atoms with Gasteiger partial charge in [0, 0.05) is 23.9 Å². The summed E-state index contributed by atoms with van der Waals surface area (Å²) in [5.74, 6) is -1.20. The number of nitrogens with zero attached hydrogens (tertiary/aromatic N) is 1. The number of amides is 1.